The standard InChI is InChI=1S/C25H26N4O4S/c1-16(2)11-23-28-29-24(31)13-19(27-25(29)34-23)14-32-21-6-4-5-18(12-21)26-22(30)15-33-20-9-7-17(3)8-10-20/h4-10,12-13,16H,11,14-15H2,1-3H3,(H,26,30). The minimum Gasteiger partial charge on any atom is -0.487 e. The molecule has 0 spiro atoms. The summed E-state index contributed by atoms with van der Waals surface area (Å²) in [6, 6.07) is 16.0. The molecule has 176 valence electrons. The molecule has 4 rings (SSSR count). The van der Waals surface area contributed by atoms with Gasteiger partial charge < -0.3 is 14.8 Å². The molecular weight excluding hydrogens is 452 g/mol. The molecule has 0 unspecified atom stereocenters. The molecule has 0 bridgehead atoms. The number of nitrogens with zero attached hydrogens (tertiary/aromatic N) is 3. The molecule has 1 N–H and O–H groups in total. The number of rotatable bonds is 9. The highest BCUT2D eigenvalue weighted by Crippen LogP contribution is 2.20. The van der Waals surface area contributed by atoms with Crippen LogP contribution in [0.25, 0.3) is 4.96 Å². The number of benzene rings is 2. The van der Waals surface area contributed by atoms with Gasteiger partial charge in [0.05, 0.1) is 5.69 Å². The number of fused-ring (bicyclic) bond motifs is 1. The molecule has 0 atom stereocenters. The molecule has 8 nitrogen and oxygen atoms in total. The van der Waals surface area contributed by atoms with E-state index >= 15 is 0 Å². The zero-order valence-electron chi connectivity index (χ0n) is 19.3. The second-order valence-electron chi connectivity index (χ2n) is 8.34. The molecule has 0 aliphatic rings. The minimum atomic E-state index is -0.278. The van der Waals surface area contributed by atoms with Crippen molar-refractivity contribution in [2.75, 3.05) is 11.9 Å². The number of anilines is 1. The Hall–Kier alpha value is -3.72. The SMILES string of the molecule is Cc1ccc(OCC(=O)Nc2cccc(OCc3cc(=O)n4nc(CC(C)C)sc4n3)c2)cc1. The van der Waals surface area contributed by atoms with Crippen molar-refractivity contribution >= 4 is 27.9 Å². The van der Waals surface area contributed by atoms with Crippen LogP contribution in [0.1, 0.15) is 30.1 Å². The van der Waals surface area contributed by atoms with E-state index in [2.05, 4.69) is 29.2 Å². The number of aromatic nitrogens is 3. The number of hydrogen-bond acceptors (Lipinski definition) is 7. The van der Waals surface area contributed by atoms with Gasteiger partial charge in [0.1, 0.15) is 23.1 Å². The fourth-order valence-electron chi connectivity index (χ4n) is 3.20. The van der Waals surface area contributed by atoms with Gasteiger partial charge in [-0.2, -0.15) is 9.61 Å². The molecule has 0 fully saturated rings. The van der Waals surface area contributed by atoms with Crippen LogP contribution >= 0.6 is 11.3 Å². The van der Waals surface area contributed by atoms with E-state index in [4.69, 9.17) is 9.47 Å². The normalized spacial score (nSPS) is 11.1. The van der Waals surface area contributed by atoms with Gasteiger partial charge in [-0.25, -0.2) is 4.98 Å². The number of ether oxygens (including phenoxy) is 2. The van der Waals surface area contributed by atoms with Gasteiger partial charge in [-0.05, 0) is 37.1 Å². The second kappa shape index (κ2) is 10.5. The predicted molar refractivity (Wildman–Crippen MR) is 132 cm³/mol. The Labute approximate surface area is 201 Å². The first-order chi connectivity index (χ1) is 16.4. The van der Waals surface area contributed by atoms with E-state index in [1.807, 2.05) is 31.2 Å². The number of nitrogens with one attached hydrogen (secondary N) is 1. The maximum atomic E-state index is 12.4. The summed E-state index contributed by atoms with van der Waals surface area (Å²) in [4.78, 5) is 29.7. The van der Waals surface area contributed by atoms with E-state index in [0.29, 0.717) is 33.8 Å². The number of carbonyl (C=O) groups excluding carboxylic acids is 1. The fourth-order valence-corrected chi connectivity index (χ4v) is 4.33. The van der Waals surface area contributed by atoms with Crippen LogP contribution in [0.15, 0.2) is 59.4 Å². The topological polar surface area (TPSA) is 94.8 Å². The highest BCUT2D eigenvalue weighted by molar-refractivity contribution is 7.16. The Morgan fingerprint density at radius 1 is 1.09 bits per heavy atom. The van der Waals surface area contributed by atoms with Crippen molar-refractivity contribution in [2.45, 2.75) is 33.8 Å². The van der Waals surface area contributed by atoms with Crippen molar-refractivity contribution in [3.8, 4) is 11.5 Å². The number of hydrogen-bond donors (Lipinski definition) is 1. The first-order valence-corrected chi connectivity index (χ1v) is 11.8. The fraction of sp³-hybridized carbons (Fsp3) is 0.280. The van der Waals surface area contributed by atoms with Crippen LogP contribution in [0.4, 0.5) is 5.69 Å². The molecule has 9 heteroatoms. The lowest BCUT2D eigenvalue weighted by molar-refractivity contribution is -0.118. The molecule has 4 aromatic rings. The molecule has 0 saturated carbocycles. The third kappa shape index (κ3) is 6.20. The highest BCUT2D eigenvalue weighted by atomic mass is 32.1. The van der Waals surface area contributed by atoms with E-state index in [9.17, 15) is 9.59 Å². The Morgan fingerprint density at radius 2 is 1.88 bits per heavy atom. The lowest BCUT2D eigenvalue weighted by atomic mass is 10.1. The van der Waals surface area contributed by atoms with Gasteiger partial charge >= 0.3 is 0 Å². The molecule has 34 heavy (non-hydrogen) atoms. The summed E-state index contributed by atoms with van der Waals surface area (Å²) in [6.07, 6.45) is 0.799. The average Bonchev–Trinajstić information content (AvgIpc) is 3.20. The second-order valence-corrected chi connectivity index (χ2v) is 9.38. The van der Waals surface area contributed by atoms with Gasteiger partial charge in [-0.15, -0.1) is 0 Å². The zero-order valence-corrected chi connectivity index (χ0v) is 20.1. The molecule has 0 aliphatic heterocycles. The van der Waals surface area contributed by atoms with Crippen LogP contribution in [0, 0.1) is 12.8 Å². The molecule has 0 saturated heterocycles. The molecule has 0 aliphatic carbocycles. The third-order valence-electron chi connectivity index (χ3n) is 4.82. The molecule has 2 aromatic heterocycles. The van der Waals surface area contributed by atoms with Crippen LogP contribution in [0.5, 0.6) is 11.5 Å². The van der Waals surface area contributed by atoms with Gasteiger partial charge in [0.15, 0.2) is 6.61 Å². The van der Waals surface area contributed by atoms with Crippen LogP contribution in [-0.2, 0) is 17.8 Å². The summed E-state index contributed by atoms with van der Waals surface area (Å²) in [5.41, 5.74) is 1.99. The van der Waals surface area contributed by atoms with Crippen LogP contribution < -0.4 is 20.3 Å². The molecule has 0 radical (unpaired) electrons. The van der Waals surface area contributed by atoms with Crippen LogP contribution in [-0.4, -0.2) is 27.1 Å². The maximum absolute atomic E-state index is 12.4. The molecular formula is C25H26N4O4S. The first-order valence-electron chi connectivity index (χ1n) is 11.0. The molecule has 2 aromatic carbocycles. The van der Waals surface area contributed by atoms with Crippen LogP contribution in [0.3, 0.4) is 0 Å². The maximum Gasteiger partial charge on any atom is 0.275 e. The van der Waals surface area contributed by atoms with Gasteiger partial charge in [0, 0.05) is 24.2 Å². The van der Waals surface area contributed by atoms with Crippen molar-refractivity contribution < 1.29 is 14.3 Å². The van der Waals surface area contributed by atoms with Gasteiger partial charge in [0.25, 0.3) is 11.5 Å². The minimum absolute atomic E-state index is 0.102. The van der Waals surface area contributed by atoms with Crippen molar-refractivity contribution in [1.29, 1.82) is 0 Å². The highest BCUT2D eigenvalue weighted by Gasteiger charge is 2.11. The van der Waals surface area contributed by atoms with Gasteiger partial charge in [-0.1, -0.05) is 48.9 Å². The zero-order chi connectivity index (χ0) is 24.1. The summed E-state index contributed by atoms with van der Waals surface area (Å²) in [5, 5.41) is 8.03. The largest absolute Gasteiger partial charge is 0.487 e. The van der Waals surface area contributed by atoms with Crippen LogP contribution in [0.2, 0.25) is 0 Å². The monoisotopic (exact) mass is 478 g/mol. The van der Waals surface area contributed by atoms with E-state index < -0.39 is 0 Å². The van der Waals surface area contributed by atoms with E-state index in [0.717, 1.165) is 17.0 Å². The average molecular weight is 479 g/mol. The Kier molecular flexibility index (Phi) is 7.22. The quantitative estimate of drug-likeness (QED) is 0.386. The summed E-state index contributed by atoms with van der Waals surface area (Å²) in [6.45, 7) is 6.22. The van der Waals surface area contributed by atoms with Crippen molar-refractivity contribution in [1.82, 2.24) is 14.6 Å². The molecule has 2 heterocycles. The summed E-state index contributed by atoms with van der Waals surface area (Å²) >= 11 is 1.41. The predicted octanol–water partition coefficient (Wildman–Crippen LogP) is 4.25. The Balaban J connectivity index is 1.35. The van der Waals surface area contributed by atoms with E-state index in [1.165, 1.54) is 21.9 Å². The van der Waals surface area contributed by atoms with Crippen molar-refractivity contribution in [3.05, 3.63) is 81.2 Å². The lowest BCUT2D eigenvalue weighted by Crippen LogP contribution is -2.20. The first kappa shape index (κ1) is 23.4. The Bertz CT molecular complexity index is 1350. The Morgan fingerprint density at radius 3 is 2.65 bits per heavy atom. The van der Waals surface area contributed by atoms with E-state index in [1.54, 1.807) is 24.3 Å². The van der Waals surface area contributed by atoms with Crippen molar-refractivity contribution in [2.24, 2.45) is 5.92 Å². The van der Waals surface area contributed by atoms with Crippen molar-refractivity contribution in [3.63, 3.8) is 0 Å². The summed E-state index contributed by atoms with van der Waals surface area (Å²) < 4.78 is 12.7. The third-order valence-corrected chi connectivity index (χ3v) is 5.75. The number of aryl methyl sites for hydroxylation is 1. The van der Waals surface area contributed by atoms with Gasteiger partial charge in [-0.3, -0.25) is 9.59 Å². The lowest BCUT2D eigenvalue weighted by Gasteiger charge is -2.10. The smallest absolute Gasteiger partial charge is 0.275 e. The molecule has 1 amide bonds. The van der Waals surface area contributed by atoms with E-state index in [-0.39, 0.29) is 24.7 Å². The summed E-state index contributed by atoms with van der Waals surface area (Å²) in [5.74, 6) is 1.35. The summed E-state index contributed by atoms with van der Waals surface area (Å²) in [7, 11) is 0. The van der Waals surface area contributed by atoms with Gasteiger partial charge in [0.2, 0.25) is 4.96 Å². The number of amides is 1. The number of carbonyl (C=O) groups is 1.